The predicted octanol–water partition coefficient (Wildman–Crippen LogP) is 2.68. The van der Waals surface area contributed by atoms with Crippen molar-refractivity contribution in [2.45, 2.75) is 19.4 Å². The molecule has 1 saturated heterocycles. The number of hydrogen-bond acceptors (Lipinski definition) is 4. The van der Waals surface area contributed by atoms with E-state index >= 15 is 0 Å². The molecule has 1 aliphatic rings. The molecule has 5 nitrogen and oxygen atoms in total. The molecule has 1 N–H and O–H groups in total. The predicted molar refractivity (Wildman–Crippen MR) is 75.0 cm³/mol. The van der Waals surface area contributed by atoms with Crippen molar-refractivity contribution in [3.05, 3.63) is 32.5 Å². The van der Waals surface area contributed by atoms with Crippen LogP contribution in [0, 0.1) is 15.9 Å². The van der Waals surface area contributed by atoms with Crippen LogP contribution in [0.5, 0.6) is 0 Å². The maximum absolute atomic E-state index is 13.7. The third-order valence-electron chi connectivity index (χ3n) is 3.19. The topological polar surface area (TPSA) is 58.4 Å². The van der Waals surface area contributed by atoms with Crippen LogP contribution < -0.4 is 10.2 Å². The Bertz CT molecular complexity index is 494. The van der Waals surface area contributed by atoms with Gasteiger partial charge in [0.05, 0.1) is 15.4 Å². The van der Waals surface area contributed by atoms with Gasteiger partial charge < -0.3 is 10.2 Å². The maximum Gasteiger partial charge on any atom is 0.293 e. The zero-order chi connectivity index (χ0) is 14.0. The van der Waals surface area contributed by atoms with Gasteiger partial charge in [-0.3, -0.25) is 10.1 Å². The van der Waals surface area contributed by atoms with E-state index < -0.39 is 10.7 Å². The van der Waals surface area contributed by atoms with Gasteiger partial charge in [0.1, 0.15) is 11.5 Å². The summed E-state index contributed by atoms with van der Waals surface area (Å²) in [7, 11) is 0. The van der Waals surface area contributed by atoms with E-state index in [-0.39, 0.29) is 16.2 Å². The molecule has 104 valence electrons. The van der Waals surface area contributed by atoms with Gasteiger partial charge >= 0.3 is 0 Å². The summed E-state index contributed by atoms with van der Waals surface area (Å²) in [5.74, 6) is -0.478. The molecule has 19 heavy (non-hydrogen) atoms. The summed E-state index contributed by atoms with van der Waals surface area (Å²) in [6.07, 6.45) is 0.853. The van der Waals surface area contributed by atoms with E-state index in [0.717, 1.165) is 19.5 Å². The van der Waals surface area contributed by atoms with Gasteiger partial charge in [0.2, 0.25) is 0 Å². The SMILES string of the molecule is CCCN(c1cc(F)c(Br)cc1[N+](=O)[O-])C1CNC1. The number of benzene rings is 1. The fourth-order valence-corrected chi connectivity index (χ4v) is 2.47. The number of halogens is 2. The number of nitrogens with zero attached hydrogens (tertiary/aromatic N) is 2. The maximum atomic E-state index is 13.7. The van der Waals surface area contributed by atoms with Crippen LogP contribution in [0.2, 0.25) is 0 Å². The standard InChI is InChI=1S/C12H15BrFN3O2/c1-2-3-16(8-6-15-7-8)11-5-10(14)9(13)4-12(11)17(18)19/h4-5,8,15H,2-3,6-7H2,1H3. The number of nitro benzene ring substituents is 1. The van der Waals surface area contributed by atoms with Crippen molar-refractivity contribution < 1.29 is 9.31 Å². The lowest BCUT2D eigenvalue weighted by Crippen LogP contribution is -2.57. The normalized spacial score (nSPS) is 15.1. The van der Waals surface area contributed by atoms with Gasteiger partial charge in [-0.2, -0.15) is 0 Å². The molecule has 1 aromatic carbocycles. The minimum Gasteiger partial charge on any atom is -0.360 e. The Labute approximate surface area is 119 Å². The molecule has 0 atom stereocenters. The molecule has 2 rings (SSSR count). The summed E-state index contributed by atoms with van der Waals surface area (Å²) in [5, 5.41) is 14.3. The van der Waals surface area contributed by atoms with E-state index in [0.29, 0.717) is 12.2 Å². The van der Waals surface area contributed by atoms with Crippen LogP contribution in [0.4, 0.5) is 15.8 Å². The van der Waals surface area contributed by atoms with Crippen LogP contribution in [0.15, 0.2) is 16.6 Å². The molecular weight excluding hydrogens is 317 g/mol. The van der Waals surface area contributed by atoms with Crippen LogP contribution in [0.1, 0.15) is 13.3 Å². The second kappa shape index (κ2) is 5.83. The van der Waals surface area contributed by atoms with Crippen LogP contribution in [-0.2, 0) is 0 Å². The van der Waals surface area contributed by atoms with E-state index in [1.54, 1.807) is 0 Å². The van der Waals surface area contributed by atoms with Gasteiger partial charge in [-0.05, 0) is 22.4 Å². The summed E-state index contributed by atoms with van der Waals surface area (Å²) >= 11 is 2.99. The Hall–Kier alpha value is -1.21. The van der Waals surface area contributed by atoms with Crippen molar-refractivity contribution in [2.24, 2.45) is 0 Å². The first-order chi connectivity index (χ1) is 9.04. The molecule has 0 aliphatic carbocycles. The quantitative estimate of drug-likeness (QED) is 0.665. The molecule has 0 radical (unpaired) electrons. The van der Waals surface area contributed by atoms with E-state index in [1.807, 2.05) is 11.8 Å². The summed E-state index contributed by atoms with van der Waals surface area (Å²) in [6.45, 7) is 4.22. The Morgan fingerprint density at radius 1 is 1.58 bits per heavy atom. The minimum absolute atomic E-state index is 0.0615. The second-order valence-corrected chi connectivity index (χ2v) is 5.37. The summed E-state index contributed by atoms with van der Waals surface area (Å²) in [4.78, 5) is 12.6. The Kier molecular flexibility index (Phi) is 4.36. The molecular formula is C12H15BrFN3O2. The van der Waals surface area contributed by atoms with Gasteiger partial charge in [-0.15, -0.1) is 0 Å². The molecule has 7 heteroatoms. The fourth-order valence-electron chi connectivity index (χ4n) is 2.14. The molecule has 0 spiro atoms. The van der Waals surface area contributed by atoms with E-state index in [2.05, 4.69) is 21.2 Å². The second-order valence-electron chi connectivity index (χ2n) is 4.52. The van der Waals surface area contributed by atoms with Crippen LogP contribution >= 0.6 is 15.9 Å². The first kappa shape index (κ1) is 14.2. The molecule has 1 heterocycles. The highest BCUT2D eigenvalue weighted by molar-refractivity contribution is 9.10. The summed E-state index contributed by atoms with van der Waals surface area (Å²) in [5.41, 5.74) is 0.299. The number of rotatable bonds is 5. The smallest absolute Gasteiger partial charge is 0.293 e. The number of anilines is 1. The van der Waals surface area contributed by atoms with Crippen molar-refractivity contribution in [3.63, 3.8) is 0 Å². The average molecular weight is 332 g/mol. The average Bonchev–Trinajstić information content (AvgIpc) is 2.29. The van der Waals surface area contributed by atoms with E-state index in [1.165, 1.54) is 12.1 Å². The minimum atomic E-state index is -0.478. The molecule has 0 saturated carbocycles. The van der Waals surface area contributed by atoms with Crippen molar-refractivity contribution in [3.8, 4) is 0 Å². The third-order valence-corrected chi connectivity index (χ3v) is 3.80. The third kappa shape index (κ3) is 2.87. The highest BCUT2D eigenvalue weighted by atomic mass is 79.9. The molecule has 0 unspecified atom stereocenters. The first-order valence-electron chi connectivity index (χ1n) is 6.15. The van der Waals surface area contributed by atoms with Gasteiger partial charge in [0, 0.05) is 31.8 Å². The van der Waals surface area contributed by atoms with Crippen LogP contribution in [0.3, 0.4) is 0 Å². The van der Waals surface area contributed by atoms with Gasteiger partial charge in [-0.25, -0.2) is 4.39 Å². The molecule has 1 aliphatic heterocycles. The highest BCUT2D eigenvalue weighted by Crippen LogP contribution is 2.35. The van der Waals surface area contributed by atoms with Gasteiger partial charge in [0.15, 0.2) is 0 Å². The van der Waals surface area contributed by atoms with Gasteiger partial charge in [-0.1, -0.05) is 6.92 Å². The summed E-state index contributed by atoms with van der Waals surface area (Å²) < 4.78 is 13.8. The largest absolute Gasteiger partial charge is 0.360 e. The van der Waals surface area contributed by atoms with Crippen LogP contribution in [-0.4, -0.2) is 30.6 Å². The lowest BCUT2D eigenvalue weighted by atomic mass is 10.1. The summed E-state index contributed by atoms with van der Waals surface area (Å²) in [6, 6.07) is 2.68. The van der Waals surface area contributed by atoms with Crippen molar-refractivity contribution in [1.82, 2.24) is 5.32 Å². The molecule has 1 aromatic rings. The van der Waals surface area contributed by atoms with E-state index in [9.17, 15) is 14.5 Å². The fraction of sp³-hybridized carbons (Fsp3) is 0.500. The monoisotopic (exact) mass is 331 g/mol. The highest BCUT2D eigenvalue weighted by Gasteiger charge is 2.30. The Balaban J connectivity index is 2.44. The zero-order valence-electron chi connectivity index (χ0n) is 10.5. The van der Waals surface area contributed by atoms with Crippen molar-refractivity contribution >= 4 is 27.3 Å². The lowest BCUT2D eigenvalue weighted by Gasteiger charge is -2.39. The Morgan fingerprint density at radius 2 is 2.26 bits per heavy atom. The lowest BCUT2D eigenvalue weighted by molar-refractivity contribution is -0.384. The van der Waals surface area contributed by atoms with Crippen molar-refractivity contribution in [2.75, 3.05) is 24.5 Å². The zero-order valence-corrected chi connectivity index (χ0v) is 12.1. The molecule has 0 bridgehead atoms. The number of hydrogen-bond donors (Lipinski definition) is 1. The van der Waals surface area contributed by atoms with Gasteiger partial charge in [0.25, 0.3) is 5.69 Å². The van der Waals surface area contributed by atoms with Crippen molar-refractivity contribution in [1.29, 1.82) is 0 Å². The molecule has 0 amide bonds. The molecule has 1 fully saturated rings. The number of nitro groups is 1. The first-order valence-corrected chi connectivity index (χ1v) is 6.94. The molecule has 0 aromatic heterocycles. The Morgan fingerprint density at radius 3 is 2.74 bits per heavy atom. The van der Waals surface area contributed by atoms with E-state index in [4.69, 9.17) is 0 Å². The van der Waals surface area contributed by atoms with Crippen LogP contribution in [0.25, 0.3) is 0 Å². The number of nitrogens with one attached hydrogen (secondary N) is 1.